The summed E-state index contributed by atoms with van der Waals surface area (Å²) in [5.41, 5.74) is 2.69. The van der Waals surface area contributed by atoms with Crippen LogP contribution in [0.3, 0.4) is 0 Å². The van der Waals surface area contributed by atoms with Gasteiger partial charge >= 0.3 is 0 Å². The van der Waals surface area contributed by atoms with Crippen LogP contribution in [0.25, 0.3) is 21.9 Å². The van der Waals surface area contributed by atoms with Crippen molar-refractivity contribution in [2.75, 3.05) is 0 Å². The van der Waals surface area contributed by atoms with Crippen LogP contribution in [-0.4, -0.2) is 20.3 Å². The Hall–Kier alpha value is -2.99. The van der Waals surface area contributed by atoms with Crippen molar-refractivity contribution in [3.8, 4) is 11.1 Å². The van der Waals surface area contributed by atoms with E-state index in [1.54, 1.807) is 23.2 Å². The van der Waals surface area contributed by atoms with E-state index in [4.69, 9.17) is 0 Å². The Bertz CT molecular complexity index is 1210. The second kappa shape index (κ2) is 7.56. The fraction of sp³-hybridized carbons (Fsp3) is 0.136. The van der Waals surface area contributed by atoms with Crippen molar-refractivity contribution in [2.45, 2.75) is 19.9 Å². The lowest BCUT2D eigenvalue weighted by molar-refractivity contribution is 0.0979. The van der Waals surface area contributed by atoms with Gasteiger partial charge in [0.15, 0.2) is 5.78 Å². The summed E-state index contributed by atoms with van der Waals surface area (Å²) in [6.07, 6.45) is 3.54. The number of pyridine rings is 1. The number of benzene rings is 2. The average molecular weight is 436 g/mol. The first kappa shape index (κ1) is 18.4. The largest absolute Gasteiger partial charge is 0.347 e. The summed E-state index contributed by atoms with van der Waals surface area (Å²) < 4.78 is 2.43. The van der Waals surface area contributed by atoms with Crippen LogP contribution in [0.2, 0.25) is 0 Å². The van der Waals surface area contributed by atoms with Gasteiger partial charge in [-0.15, -0.1) is 0 Å². The first-order valence-corrected chi connectivity index (χ1v) is 9.81. The van der Waals surface area contributed by atoms with Crippen molar-refractivity contribution in [1.82, 2.24) is 14.5 Å². The van der Waals surface area contributed by atoms with Crippen molar-refractivity contribution in [3.05, 3.63) is 87.3 Å². The summed E-state index contributed by atoms with van der Waals surface area (Å²) in [4.78, 5) is 33.5. The van der Waals surface area contributed by atoms with Gasteiger partial charge in [0.05, 0.1) is 24.3 Å². The molecule has 0 fully saturated rings. The van der Waals surface area contributed by atoms with Gasteiger partial charge in [0, 0.05) is 28.0 Å². The van der Waals surface area contributed by atoms with Crippen LogP contribution >= 0.6 is 15.9 Å². The van der Waals surface area contributed by atoms with Crippen molar-refractivity contribution < 1.29 is 4.79 Å². The number of hydrogen-bond acceptors (Lipinski definition) is 3. The average Bonchev–Trinajstić information content (AvgIpc) is 3.23. The van der Waals surface area contributed by atoms with Crippen LogP contribution in [0.4, 0.5) is 0 Å². The van der Waals surface area contributed by atoms with Crippen LogP contribution in [-0.2, 0) is 6.54 Å². The standard InChI is InChI=1S/C22H18BrN3O2/c1-2-19(27)21-20(14-6-4-3-5-7-14)18-10-15(23)8-9-17(18)22(28)26(21)12-16-11-24-13-25-16/h3-11,13H,2,12H2,1H3,(H,24,25). The summed E-state index contributed by atoms with van der Waals surface area (Å²) >= 11 is 3.50. The van der Waals surface area contributed by atoms with E-state index in [1.165, 1.54) is 0 Å². The van der Waals surface area contributed by atoms with Gasteiger partial charge in [0.25, 0.3) is 5.56 Å². The molecule has 0 amide bonds. The molecular weight excluding hydrogens is 418 g/mol. The molecule has 2 aromatic carbocycles. The number of Topliss-reactive ketones (excluding diaryl/α,β-unsaturated/α-hetero) is 1. The van der Waals surface area contributed by atoms with Crippen molar-refractivity contribution >= 4 is 32.5 Å². The first-order valence-electron chi connectivity index (χ1n) is 9.02. The van der Waals surface area contributed by atoms with E-state index in [0.29, 0.717) is 17.5 Å². The SMILES string of the molecule is CCC(=O)c1c(-c2ccccc2)c2cc(Br)ccc2c(=O)n1Cc1cnc[nH]1. The Kier molecular flexibility index (Phi) is 4.96. The van der Waals surface area contributed by atoms with Crippen molar-refractivity contribution in [1.29, 1.82) is 0 Å². The number of carbonyl (C=O) groups is 1. The summed E-state index contributed by atoms with van der Waals surface area (Å²) in [6.45, 7) is 2.07. The monoisotopic (exact) mass is 435 g/mol. The number of aromatic amines is 1. The van der Waals surface area contributed by atoms with Gasteiger partial charge in [0.2, 0.25) is 0 Å². The van der Waals surface area contributed by atoms with E-state index in [1.807, 2.05) is 49.4 Å². The van der Waals surface area contributed by atoms with Gasteiger partial charge in [-0.25, -0.2) is 4.98 Å². The summed E-state index contributed by atoms with van der Waals surface area (Å²) in [5.74, 6) is -0.0719. The van der Waals surface area contributed by atoms with E-state index in [9.17, 15) is 9.59 Å². The molecule has 0 atom stereocenters. The van der Waals surface area contributed by atoms with Gasteiger partial charge in [-0.3, -0.25) is 14.2 Å². The minimum Gasteiger partial charge on any atom is -0.347 e. The molecule has 5 nitrogen and oxygen atoms in total. The predicted octanol–water partition coefficient (Wildman–Crippen LogP) is 4.80. The molecule has 0 bridgehead atoms. The molecule has 4 rings (SSSR count). The first-order chi connectivity index (χ1) is 13.6. The van der Waals surface area contributed by atoms with E-state index in [2.05, 4.69) is 25.9 Å². The van der Waals surface area contributed by atoms with Crippen LogP contribution in [0, 0.1) is 0 Å². The van der Waals surface area contributed by atoms with E-state index < -0.39 is 0 Å². The molecule has 0 spiro atoms. The number of halogens is 1. The van der Waals surface area contributed by atoms with Crippen LogP contribution in [0.15, 0.2) is 70.3 Å². The van der Waals surface area contributed by atoms with Gasteiger partial charge in [-0.05, 0) is 29.1 Å². The fourth-order valence-corrected chi connectivity index (χ4v) is 3.83. The third-order valence-corrected chi connectivity index (χ3v) is 5.26. The number of rotatable bonds is 5. The molecule has 0 unspecified atom stereocenters. The molecular formula is C22H18BrN3O2. The maximum absolute atomic E-state index is 13.4. The highest BCUT2D eigenvalue weighted by molar-refractivity contribution is 9.10. The third-order valence-electron chi connectivity index (χ3n) is 4.76. The summed E-state index contributed by atoms with van der Waals surface area (Å²) in [7, 11) is 0. The molecule has 140 valence electrons. The topological polar surface area (TPSA) is 67.8 Å². The molecule has 0 saturated carbocycles. The highest BCUT2D eigenvalue weighted by atomic mass is 79.9. The minimum absolute atomic E-state index is 0.0719. The van der Waals surface area contributed by atoms with E-state index in [0.717, 1.165) is 26.7 Å². The van der Waals surface area contributed by atoms with Gasteiger partial charge in [-0.2, -0.15) is 0 Å². The lowest BCUT2D eigenvalue weighted by Crippen LogP contribution is -2.28. The Labute approximate surface area is 170 Å². The zero-order chi connectivity index (χ0) is 19.7. The number of fused-ring (bicyclic) bond motifs is 1. The lowest BCUT2D eigenvalue weighted by atomic mass is 9.94. The summed E-state index contributed by atoms with van der Waals surface area (Å²) in [5, 5.41) is 1.34. The Morgan fingerprint density at radius 2 is 1.93 bits per heavy atom. The fourth-order valence-electron chi connectivity index (χ4n) is 3.47. The van der Waals surface area contributed by atoms with Crippen LogP contribution in [0.1, 0.15) is 29.5 Å². The number of ketones is 1. The zero-order valence-corrected chi connectivity index (χ0v) is 16.9. The molecule has 6 heteroatoms. The van der Waals surface area contributed by atoms with Gasteiger partial charge < -0.3 is 4.98 Å². The minimum atomic E-state index is -0.186. The number of H-pyrrole nitrogens is 1. The van der Waals surface area contributed by atoms with Gasteiger partial charge in [0.1, 0.15) is 0 Å². The number of nitrogens with one attached hydrogen (secondary N) is 1. The molecule has 2 heterocycles. The predicted molar refractivity (Wildman–Crippen MR) is 114 cm³/mol. The molecule has 4 aromatic rings. The maximum Gasteiger partial charge on any atom is 0.259 e. The molecule has 0 aliphatic rings. The normalized spacial score (nSPS) is 11.1. The second-order valence-electron chi connectivity index (χ2n) is 6.52. The molecule has 0 saturated heterocycles. The van der Waals surface area contributed by atoms with E-state index >= 15 is 0 Å². The summed E-state index contributed by atoms with van der Waals surface area (Å²) in [6, 6.07) is 15.3. The van der Waals surface area contributed by atoms with Crippen molar-refractivity contribution in [2.24, 2.45) is 0 Å². The van der Waals surface area contributed by atoms with Crippen LogP contribution in [0.5, 0.6) is 0 Å². The highest BCUT2D eigenvalue weighted by Gasteiger charge is 2.22. The number of aromatic nitrogens is 3. The Morgan fingerprint density at radius 1 is 1.14 bits per heavy atom. The molecule has 0 aliphatic heterocycles. The molecule has 0 radical (unpaired) electrons. The quantitative estimate of drug-likeness (QED) is 0.458. The number of hydrogen-bond donors (Lipinski definition) is 1. The molecule has 1 N–H and O–H groups in total. The number of imidazole rings is 1. The Balaban J connectivity index is 2.16. The lowest BCUT2D eigenvalue weighted by Gasteiger charge is -2.19. The Morgan fingerprint density at radius 3 is 2.61 bits per heavy atom. The number of nitrogens with zero attached hydrogens (tertiary/aromatic N) is 2. The molecule has 0 aliphatic carbocycles. The van der Waals surface area contributed by atoms with Gasteiger partial charge in [-0.1, -0.05) is 53.2 Å². The zero-order valence-electron chi connectivity index (χ0n) is 15.3. The third kappa shape index (κ3) is 3.20. The highest BCUT2D eigenvalue weighted by Crippen LogP contribution is 2.33. The molecule has 28 heavy (non-hydrogen) atoms. The molecule has 2 aromatic heterocycles. The smallest absolute Gasteiger partial charge is 0.259 e. The maximum atomic E-state index is 13.4. The van der Waals surface area contributed by atoms with Crippen molar-refractivity contribution in [3.63, 3.8) is 0 Å². The second-order valence-corrected chi connectivity index (χ2v) is 7.44. The van der Waals surface area contributed by atoms with Crippen LogP contribution < -0.4 is 5.56 Å². The van der Waals surface area contributed by atoms with E-state index in [-0.39, 0.29) is 17.9 Å². The number of carbonyl (C=O) groups excluding carboxylic acids is 1.